The average Bonchev–Trinajstić information content (AvgIpc) is 3.45. The fourth-order valence-corrected chi connectivity index (χ4v) is 5.90. The number of halogens is 1. The summed E-state index contributed by atoms with van der Waals surface area (Å²) in [5.74, 6) is -2.27. The number of aliphatic carboxylic acids is 3. The number of carboxylic acids is 3. The van der Waals surface area contributed by atoms with Crippen molar-refractivity contribution >= 4 is 40.4 Å². The highest BCUT2D eigenvalue weighted by molar-refractivity contribution is 5.98. The third kappa shape index (κ3) is 12.4. The fraction of sp³-hybridized carbons (Fsp3) is 0.429. The molecule has 0 unspecified atom stereocenters. The van der Waals surface area contributed by atoms with Gasteiger partial charge in [0.1, 0.15) is 23.7 Å². The number of nitrogens with two attached hydrogens (primary N) is 1. The highest BCUT2D eigenvalue weighted by Crippen LogP contribution is 2.37. The summed E-state index contributed by atoms with van der Waals surface area (Å²) in [4.78, 5) is 41.0. The minimum absolute atomic E-state index is 0.227. The lowest BCUT2D eigenvalue weighted by Gasteiger charge is -2.41. The minimum Gasteiger partial charge on any atom is -0.481 e. The van der Waals surface area contributed by atoms with E-state index in [1.807, 2.05) is 30.3 Å². The van der Waals surface area contributed by atoms with E-state index in [1.54, 1.807) is 12.1 Å². The predicted octanol–water partition coefficient (Wildman–Crippen LogP) is 4.83. The van der Waals surface area contributed by atoms with Gasteiger partial charge in [-0.25, -0.2) is 19.0 Å². The molecule has 2 fully saturated rings. The van der Waals surface area contributed by atoms with Crippen molar-refractivity contribution in [2.45, 2.75) is 65.1 Å². The molecule has 2 aromatic carbocycles. The largest absolute Gasteiger partial charge is 0.481 e. The van der Waals surface area contributed by atoms with Gasteiger partial charge in [0.05, 0.1) is 11.4 Å². The van der Waals surface area contributed by atoms with Crippen molar-refractivity contribution in [1.29, 1.82) is 0 Å². The molecule has 15 heteroatoms. The number of hydrogen-bond acceptors (Lipinski definition) is 10. The second-order valence-electron chi connectivity index (χ2n) is 12.2. The number of aromatic nitrogens is 4. The van der Waals surface area contributed by atoms with Gasteiger partial charge in [0.2, 0.25) is 0 Å². The van der Waals surface area contributed by atoms with Gasteiger partial charge in [0, 0.05) is 70.8 Å². The molecule has 1 saturated carbocycles. The maximum absolute atomic E-state index is 13.5. The summed E-state index contributed by atoms with van der Waals surface area (Å²) in [5, 5.41) is 31.5. The van der Waals surface area contributed by atoms with Crippen LogP contribution in [-0.4, -0.2) is 102 Å². The summed E-state index contributed by atoms with van der Waals surface area (Å²) in [6.45, 7) is 8.44. The van der Waals surface area contributed by atoms with Gasteiger partial charge in [0.15, 0.2) is 5.65 Å². The molecule has 50 heavy (non-hydrogen) atoms. The molecule has 0 atom stereocenters. The number of hydrogen-bond donors (Lipinski definition) is 5. The number of anilines is 2. The topological polar surface area (TPSA) is 200 Å². The molecule has 0 spiro atoms. The normalized spacial score (nSPS) is 17.5. The van der Waals surface area contributed by atoms with Gasteiger partial charge in [-0.3, -0.25) is 19.3 Å². The highest BCUT2D eigenvalue weighted by Gasteiger charge is 2.30. The number of nitrogens with one attached hydrogen (secondary N) is 1. The SMILES string of the molecule is CC(=O)O.CC(=O)O.CC(=O)O.CN1CCN(C2CCC(n3nc(-c4ccc(NCc5cccc(F)c5)cc4)c4c(N)ncnc43)CC2)CC1. The fourth-order valence-electron chi connectivity index (χ4n) is 5.90. The Hall–Kier alpha value is -5.15. The molecule has 4 aromatic rings. The highest BCUT2D eigenvalue weighted by atomic mass is 19.1. The van der Waals surface area contributed by atoms with Crippen LogP contribution in [0.25, 0.3) is 22.3 Å². The molecule has 1 aliphatic carbocycles. The van der Waals surface area contributed by atoms with Crippen LogP contribution >= 0.6 is 0 Å². The Bertz CT molecular complexity index is 1660. The zero-order valence-electron chi connectivity index (χ0n) is 28.9. The minimum atomic E-state index is -0.833. The van der Waals surface area contributed by atoms with Gasteiger partial charge >= 0.3 is 0 Å². The number of fused-ring (bicyclic) bond motifs is 1. The number of piperazine rings is 1. The van der Waals surface area contributed by atoms with Crippen LogP contribution in [0.1, 0.15) is 58.1 Å². The lowest BCUT2D eigenvalue weighted by atomic mass is 9.90. The number of benzene rings is 2. The molecule has 0 amide bonds. The number of carboxylic acid groups (broad SMARTS) is 3. The third-order valence-electron chi connectivity index (χ3n) is 8.13. The first kappa shape index (κ1) is 39.3. The number of likely N-dealkylation sites (N-methyl/N-ethyl adjacent to an activating group) is 1. The van der Waals surface area contributed by atoms with E-state index in [9.17, 15) is 4.39 Å². The first-order valence-electron chi connectivity index (χ1n) is 16.3. The Morgan fingerprint density at radius 2 is 1.42 bits per heavy atom. The van der Waals surface area contributed by atoms with Gasteiger partial charge in [-0.05, 0) is 62.6 Å². The quantitative estimate of drug-likeness (QED) is 0.184. The number of rotatable bonds is 6. The molecule has 6 rings (SSSR count). The number of carbonyl (C=O) groups is 3. The zero-order valence-corrected chi connectivity index (χ0v) is 28.9. The molecule has 1 saturated heterocycles. The zero-order chi connectivity index (χ0) is 36.8. The summed E-state index contributed by atoms with van der Waals surface area (Å²) >= 11 is 0. The van der Waals surface area contributed by atoms with E-state index in [1.165, 1.54) is 25.2 Å². The smallest absolute Gasteiger partial charge is 0.300 e. The maximum atomic E-state index is 13.5. The molecule has 3 heterocycles. The van der Waals surface area contributed by atoms with E-state index < -0.39 is 17.9 Å². The van der Waals surface area contributed by atoms with Crippen molar-refractivity contribution in [2.24, 2.45) is 0 Å². The van der Waals surface area contributed by atoms with Gasteiger partial charge in [-0.15, -0.1) is 0 Å². The van der Waals surface area contributed by atoms with E-state index in [2.05, 4.69) is 36.8 Å². The summed E-state index contributed by atoms with van der Waals surface area (Å²) in [6.07, 6.45) is 6.06. The van der Waals surface area contributed by atoms with Crippen molar-refractivity contribution in [2.75, 3.05) is 44.3 Å². The average molecular weight is 695 g/mol. The summed E-state index contributed by atoms with van der Waals surface area (Å²) in [5.41, 5.74) is 10.8. The van der Waals surface area contributed by atoms with Crippen molar-refractivity contribution in [3.8, 4) is 11.3 Å². The van der Waals surface area contributed by atoms with Crippen molar-refractivity contribution in [1.82, 2.24) is 29.5 Å². The first-order valence-corrected chi connectivity index (χ1v) is 16.3. The van der Waals surface area contributed by atoms with E-state index in [-0.39, 0.29) is 5.82 Å². The molecule has 14 nitrogen and oxygen atoms in total. The first-order chi connectivity index (χ1) is 23.7. The molecular formula is C35H47FN8O6. The third-order valence-corrected chi connectivity index (χ3v) is 8.13. The van der Waals surface area contributed by atoms with Crippen LogP contribution < -0.4 is 11.1 Å². The lowest BCUT2D eigenvalue weighted by Crippen LogP contribution is -2.49. The van der Waals surface area contributed by atoms with Gasteiger partial charge in [-0.2, -0.15) is 5.10 Å². The number of nitrogens with zero attached hydrogens (tertiary/aromatic N) is 6. The molecule has 2 aliphatic rings. The Balaban J connectivity index is 0.000000491. The monoisotopic (exact) mass is 694 g/mol. The predicted molar refractivity (Wildman–Crippen MR) is 189 cm³/mol. The molecule has 2 aromatic heterocycles. The van der Waals surface area contributed by atoms with E-state index in [4.69, 9.17) is 40.5 Å². The molecule has 0 radical (unpaired) electrons. The standard InChI is InChI=1S/C29H35FN8.3C2H4O2/c1-36-13-15-37(16-14-36)24-9-11-25(12-10-24)38-29-26(28(31)33-19-34-29)27(35-38)21-5-7-23(8-6-21)32-18-20-3-2-4-22(30)17-20;3*1-2(3)4/h2-8,17,19,24-25,32H,9-16,18H2,1H3,(H2,31,33,34);3*1H3,(H,3,4). The Kier molecular flexibility index (Phi) is 15.0. The summed E-state index contributed by atoms with van der Waals surface area (Å²) in [7, 11) is 2.21. The van der Waals surface area contributed by atoms with Crippen LogP contribution in [0, 0.1) is 5.82 Å². The van der Waals surface area contributed by atoms with E-state index >= 15 is 0 Å². The number of nitrogen functional groups attached to an aromatic ring is 1. The molecule has 270 valence electrons. The van der Waals surface area contributed by atoms with Crippen LogP contribution in [0.4, 0.5) is 15.9 Å². The van der Waals surface area contributed by atoms with Crippen LogP contribution in [-0.2, 0) is 20.9 Å². The van der Waals surface area contributed by atoms with Gasteiger partial charge in [-0.1, -0.05) is 24.3 Å². The van der Waals surface area contributed by atoms with Crippen molar-refractivity contribution in [3.63, 3.8) is 0 Å². The summed E-state index contributed by atoms with van der Waals surface area (Å²) < 4.78 is 15.6. The molecule has 6 N–H and O–H groups in total. The lowest BCUT2D eigenvalue weighted by molar-refractivity contribution is -0.135. The summed E-state index contributed by atoms with van der Waals surface area (Å²) in [6, 6.07) is 15.7. The van der Waals surface area contributed by atoms with Crippen LogP contribution in [0.2, 0.25) is 0 Å². The van der Waals surface area contributed by atoms with E-state index in [0.29, 0.717) is 24.4 Å². The van der Waals surface area contributed by atoms with Gasteiger partial charge in [0.25, 0.3) is 17.9 Å². The Morgan fingerprint density at radius 3 is 1.98 bits per heavy atom. The van der Waals surface area contributed by atoms with Crippen LogP contribution in [0.3, 0.4) is 0 Å². The van der Waals surface area contributed by atoms with E-state index in [0.717, 1.165) is 93.3 Å². The molecular weight excluding hydrogens is 647 g/mol. The molecule has 1 aliphatic heterocycles. The second kappa shape index (κ2) is 19.1. The Labute approximate surface area is 290 Å². The maximum Gasteiger partial charge on any atom is 0.300 e. The van der Waals surface area contributed by atoms with Crippen molar-refractivity contribution < 1.29 is 34.1 Å². The Morgan fingerprint density at radius 1 is 0.860 bits per heavy atom. The van der Waals surface area contributed by atoms with Crippen LogP contribution in [0.15, 0.2) is 54.9 Å². The van der Waals surface area contributed by atoms with Crippen molar-refractivity contribution in [3.05, 3.63) is 66.2 Å². The van der Waals surface area contributed by atoms with Crippen LogP contribution in [0.5, 0.6) is 0 Å². The second-order valence-corrected chi connectivity index (χ2v) is 12.2. The molecule has 0 bridgehead atoms. The van der Waals surface area contributed by atoms with Gasteiger partial charge < -0.3 is 31.3 Å².